The topological polar surface area (TPSA) is 75.0 Å². The lowest BCUT2D eigenvalue weighted by atomic mass is 10.2. The molecule has 0 radical (unpaired) electrons. The van der Waals surface area contributed by atoms with E-state index in [1.807, 2.05) is 24.3 Å². The van der Waals surface area contributed by atoms with Gasteiger partial charge < -0.3 is 15.3 Å². The zero-order valence-corrected chi connectivity index (χ0v) is 12.6. The smallest absolute Gasteiger partial charge is 0.214 e. The molecular formula is C16H14ClN3O2. The van der Waals surface area contributed by atoms with Crippen LogP contribution < -0.4 is 10.6 Å². The van der Waals surface area contributed by atoms with Crippen molar-refractivity contribution in [3.05, 3.63) is 53.8 Å². The van der Waals surface area contributed by atoms with Gasteiger partial charge in [-0.1, -0.05) is 29.8 Å². The number of anilines is 2. The maximum absolute atomic E-state index is 10.2. The fourth-order valence-electron chi connectivity index (χ4n) is 2.26. The number of rotatable bonds is 2. The molecule has 0 spiro atoms. The number of fused-ring (bicyclic) bond motifs is 1. The van der Waals surface area contributed by atoms with Gasteiger partial charge >= 0.3 is 0 Å². The number of guanidine groups is 1. The van der Waals surface area contributed by atoms with Crippen LogP contribution in [0.3, 0.4) is 0 Å². The lowest BCUT2D eigenvalue weighted by Gasteiger charge is -2.22. The third kappa shape index (κ3) is 2.35. The van der Waals surface area contributed by atoms with E-state index in [1.165, 1.54) is 11.0 Å². The number of phenols is 1. The van der Waals surface area contributed by atoms with Crippen molar-refractivity contribution in [1.82, 2.24) is 0 Å². The van der Waals surface area contributed by atoms with Gasteiger partial charge in [0.25, 0.3) is 0 Å². The summed E-state index contributed by atoms with van der Waals surface area (Å²) in [6.07, 6.45) is 1.63. The third-order valence-electron chi connectivity index (χ3n) is 3.33. The molecule has 6 heteroatoms. The molecule has 0 fully saturated rings. The van der Waals surface area contributed by atoms with Gasteiger partial charge in [0.05, 0.1) is 5.69 Å². The minimum Gasteiger partial charge on any atom is -0.506 e. The monoisotopic (exact) mass is 315 g/mol. The summed E-state index contributed by atoms with van der Waals surface area (Å²) in [6, 6.07) is 12.4. The molecule has 0 unspecified atom stereocenters. The number of aliphatic imine (C=N–C) groups is 1. The Hall–Kier alpha value is -2.66. The maximum Gasteiger partial charge on any atom is 0.214 e. The molecule has 0 bridgehead atoms. The van der Waals surface area contributed by atoms with E-state index in [-0.39, 0.29) is 11.7 Å². The van der Waals surface area contributed by atoms with E-state index in [2.05, 4.69) is 4.99 Å². The van der Waals surface area contributed by atoms with Gasteiger partial charge in [0, 0.05) is 22.8 Å². The predicted molar refractivity (Wildman–Crippen MR) is 89.0 cm³/mol. The minimum absolute atomic E-state index is 0.0245. The number of hydrogen-bond donors (Lipinski definition) is 2. The first-order valence-corrected chi connectivity index (χ1v) is 6.96. The number of phenolic OH excluding ortho intramolecular Hbond substituents is 1. The highest BCUT2D eigenvalue weighted by Crippen LogP contribution is 2.39. The molecule has 22 heavy (non-hydrogen) atoms. The van der Waals surface area contributed by atoms with Gasteiger partial charge in [-0.3, -0.25) is 4.99 Å². The van der Waals surface area contributed by atoms with Gasteiger partial charge in [0.15, 0.2) is 0 Å². The minimum atomic E-state index is 0.0245. The average Bonchev–Trinajstić information content (AvgIpc) is 2.95. The van der Waals surface area contributed by atoms with Crippen molar-refractivity contribution in [3.8, 4) is 5.75 Å². The Morgan fingerprint density at radius 2 is 2.05 bits per heavy atom. The molecule has 0 aliphatic heterocycles. The highest BCUT2D eigenvalue weighted by molar-refractivity contribution is 6.31. The quantitative estimate of drug-likeness (QED) is 0.556. The Morgan fingerprint density at radius 1 is 1.27 bits per heavy atom. The lowest BCUT2D eigenvalue weighted by molar-refractivity contribution is 0.475. The van der Waals surface area contributed by atoms with Crippen LogP contribution >= 0.6 is 11.6 Å². The van der Waals surface area contributed by atoms with E-state index in [0.717, 1.165) is 10.8 Å². The normalized spacial score (nSPS) is 11.8. The van der Waals surface area contributed by atoms with Gasteiger partial charge in [0.2, 0.25) is 11.8 Å². The number of aromatic hydroxyl groups is 1. The summed E-state index contributed by atoms with van der Waals surface area (Å²) >= 11 is 6.04. The van der Waals surface area contributed by atoms with Crippen molar-refractivity contribution >= 4 is 39.9 Å². The largest absolute Gasteiger partial charge is 0.506 e. The van der Waals surface area contributed by atoms with Crippen LogP contribution in [0.2, 0.25) is 5.02 Å². The lowest BCUT2D eigenvalue weighted by Crippen LogP contribution is -2.33. The first kappa shape index (κ1) is 14.3. The van der Waals surface area contributed by atoms with E-state index in [9.17, 15) is 5.11 Å². The molecule has 0 saturated carbocycles. The molecule has 3 rings (SSSR count). The van der Waals surface area contributed by atoms with E-state index in [1.54, 1.807) is 25.4 Å². The van der Waals surface area contributed by atoms with Crippen LogP contribution in [0.25, 0.3) is 10.8 Å². The van der Waals surface area contributed by atoms with Crippen LogP contribution in [-0.2, 0) is 0 Å². The number of furan rings is 1. The molecule has 3 N–H and O–H groups in total. The van der Waals surface area contributed by atoms with Crippen molar-refractivity contribution in [2.45, 2.75) is 0 Å². The summed E-state index contributed by atoms with van der Waals surface area (Å²) < 4.78 is 5.66. The van der Waals surface area contributed by atoms with Crippen molar-refractivity contribution < 1.29 is 9.52 Å². The SMILES string of the molecule is CN=C(N)N(c1cc(Cl)ccc1O)c1occ2ccccc12. The number of nitrogens with two attached hydrogens (primary N) is 1. The van der Waals surface area contributed by atoms with Crippen LogP contribution in [-0.4, -0.2) is 18.1 Å². The zero-order valence-electron chi connectivity index (χ0n) is 11.8. The van der Waals surface area contributed by atoms with Gasteiger partial charge in [-0.2, -0.15) is 0 Å². The summed E-state index contributed by atoms with van der Waals surface area (Å²) in [5.41, 5.74) is 6.41. The zero-order chi connectivity index (χ0) is 15.7. The van der Waals surface area contributed by atoms with Crippen LogP contribution in [0, 0.1) is 0 Å². The Kier molecular flexibility index (Phi) is 3.65. The highest BCUT2D eigenvalue weighted by atomic mass is 35.5. The van der Waals surface area contributed by atoms with Gasteiger partial charge in [-0.15, -0.1) is 0 Å². The van der Waals surface area contributed by atoms with Crippen molar-refractivity contribution in [3.63, 3.8) is 0 Å². The standard InChI is InChI=1S/C16H14ClN3O2/c1-19-16(18)20(13-8-11(17)6-7-14(13)21)15-12-5-3-2-4-10(12)9-22-15/h2-9,21H,1H3,(H2,18,19). The molecule has 2 aromatic carbocycles. The molecule has 1 aromatic heterocycles. The Morgan fingerprint density at radius 3 is 2.82 bits per heavy atom. The fraction of sp³-hybridized carbons (Fsp3) is 0.0625. The van der Waals surface area contributed by atoms with Crippen molar-refractivity contribution in [1.29, 1.82) is 0 Å². The molecule has 0 aliphatic carbocycles. The molecular weight excluding hydrogens is 302 g/mol. The summed E-state index contributed by atoms with van der Waals surface area (Å²) in [5, 5.41) is 12.4. The van der Waals surface area contributed by atoms with Crippen molar-refractivity contribution in [2.24, 2.45) is 10.7 Å². The molecule has 0 saturated heterocycles. The molecule has 112 valence electrons. The van der Waals surface area contributed by atoms with Crippen LogP contribution in [0.5, 0.6) is 5.75 Å². The second-order valence-corrected chi connectivity index (χ2v) is 5.11. The van der Waals surface area contributed by atoms with Gasteiger partial charge in [0.1, 0.15) is 12.0 Å². The molecule has 5 nitrogen and oxygen atoms in total. The predicted octanol–water partition coefficient (Wildman–Crippen LogP) is 3.87. The summed E-state index contributed by atoms with van der Waals surface area (Å²) in [5.74, 6) is 0.672. The number of nitrogens with zero attached hydrogens (tertiary/aromatic N) is 2. The van der Waals surface area contributed by atoms with Crippen LogP contribution in [0.4, 0.5) is 11.6 Å². The number of benzene rings is 2. The van der Waals surface area contributed by atoms with E-state index >= 15 is 0 Å². The first-order chi connectivity index (χ1) is 10.6. The van der Waals surface area contributed by atoms with E-state index in [0.29, 0.717) is 16.6 Å². The third-order valence-corrected chi connectivity index (χ3v) is 3.56. The summed E-state index contributed by atoms with van der Waals surface area (Å²) in [4.78, 5) is 5.54. The van der Waals surface area contributed by atoms with Gasteiger partial charge in [-0.05, 0) is 24.3 Å². The number of hydrogen-bond acceptors (Lipinski definition) is 3. The molecule has 0 amide bonds. The molecule has 1 heterocycles. The van der Waals surface area contributed by atoms with E-state index in [4.69, 9.17) is 21.8 Å². The second-order valence-electron chi connectivity index (χ2n) is 4.68. The maximum atomic E-state index is 10.2. The van der Waals surface area contributed by atoms with Gasteiger partial charge in [-0.25, -0.2) is 4.90 Å². The fourth-order valence-corrected chi connectivity index (χ4v) is 2.43. The van der Waals surface area contributed by atoms with Crippen LogP contribution in [0.1, 0.15) is 0 Å². The molecule has 3 aromatic rings. The van der Waals surface area contributed by atoms with Crippen LogP contribution in [0.15, 0.2) is 58.1 Å². The molecule has 0 atom stereocenters. The Bertz CT molecular complexity index is 857. The highest BCUT2D eigenvalue weighted by Gasteiger charge is 2.22. The molecule has 0 aliphatic rings. The van der Waals surface area contributed by atoms with Crippen molar-refractivity contribution in [2.75, 3.05) is 11.9 Å². The first-order valence-electron chi connectivity index (χ1n) is 6.59. The van der Waals surface area contributed by atoms with E-state index < -0.39 is 0 Å². The number of halogens is 1. The summed E-state index contributed by atoms with van der Waals surface area (Å²) in [7, 11) is 1.56. The Balaban J connectivity index is 2.26. The summed E-state index contributed by atoms with van der Waals surface area (Å²) in [6.45, 7) is 0. The second kappa shape index (κ2) is 5.61. The Labute approximate surface area is 132 Å². The average molecular weight is 316 g/mol.